The van der Waals surface area contributed by atoms with Crippen molar-refractivity contribution in [2.24, 2.45) is 0 Å². The highest BCUT2D eigenvalue weighted by Crippen LogP contribution is 2.07. The molecule has 0 radical (unpaired) electrons. The molecule has 2 heterocycles. The van der Waals surface area contributed by atoms with E-state index in [1.165, 1.54) is 0 Å². The second-order valence-corrected chi connectivity index (χ2v) is 6.19. The summed E-state index contributed by atoms with van der Waals surface area (Å²) >= 11 is 1.62. The van der Waals surface area contributed by atoms with E-state index >= 15 is 0 Å². The molecule has 1 fully saturated rings. The Morgan fingerprint density at radius 3 is 2.81 bits per heavy atom. The van der Waals surface area contributed by atoms with E-state index in [0.717, 1.165) is 31.1 Å². The number of nitrogens with zero attached hydrogens (tertiary/aromatic N) is 2. The van der Waals surface area contributed by atoms with Gasteiger partial charge in [-0.1, -0.05) is 6.07 Å². The van der Waals surface area contributed by atoms with Crippen molar-refractivity contribution in [1.29, 1.82) is 0 Å². The van der Waals surface area contributed by atoms with Gasteiger partial charge in [-0.05, 0) is 18.5 Å². The fourth-order valence-corrected chi connectivity index (χ4v) is 2.85. The molecule has 21 heavy (non-hydrogen) atoms. The lowest BCUT2D eigenvalue weighted by Gasteiger charge is -2.29. The number of amides is 2. The highest BCUT2D eigenvalue weighted by Gasteiger charge is 2.18. The predicted molar refractivity (Wildman–Crippen MR) is 83.1 cm³/mol. The van der Waals surface area contributed by atoms with Gasteiger partial charge in [-0.3, -0.25) is 14.5 Å². The van der Waals surface area contributed by atoms with Gasteiger partial charge in [-0.2, -0.15) is 0 Å². The number of carbonyl (C=O) groups excluding carboxylic acids is 2. The van der Waals surface area contributed by atoms with E-state index in [1.807, 2.05) is 22.4 Å². The van der Waals surface area contributed by atoms with Crippen LogP contribution in [0.3, 0.4) is 0 Å². The summed E-state index contributed by atoms with van der Waals surface area (Å²) < 4.78 is 0. The van der Waals surface area contributed by atoms with Crippen LogP contribution in [0.2, 0.25) is 0 Å². The van der Waals surface area contributed by atoms with Gasteiger partial charge < -0.3 is 15.5 Å². The van der Waals surface area contributed by atoms with Crippen LogP contribution in [-0.4, -0.2) is 67.9 Å². The van der Waals surface area contributed by atoms with E-state index in [0.29, 0.717) is 6.54 Å². The molecule has 1 saturated heterocycles. The summed E-state index contributed by atoms with van der Waals surface area (Å²) in [5.74, 6) is 0.0315. The van der Waals surface area contributed by atoms with E-state index in [-0.39, 0.29) is 24.9 Å². The van der Waals surface area contributed by atoms with Crippen molar-refractivity contribution in [3.8, 4) is 0 Å². The summed E-state index contributed by atoms with van der Waals surface area (Å²) in [6.07, 6.45) is 0. The molecule has 1 aromatic heterocycles. The van der Waals surface area contributed by atoms with Gasteiger partial charge in [0.25, 0.3) is 0 Å². The predicted octanol–water partition coefficient (Wildman–Crippen LogP) is -0.272. The van der Waals surface area contributed by atoms with Gasteiger partial charge in [0.2, 0.25) is 11.8 Å². The number of likely N-dealkylation sites (N-methyl/N-ethyl adjacent to an activating group) is 1. The number of rotatable bonds is 6. The van der Waals surface area contributed by atoms with E-state index < -0.39 is 0 Å². The summed E-state index contributed by atoms with van der Waals surface area (Å²) in [5.41, 5.74) is 0. The van der Waals surface area contributed by atoms with Gasteiger partial charge >= 0.3 is 0 Å². The average molecular weight is 310 g/mol. The highest BCUT2D eigenvalue weighted by atomic mass is 32.1. The summed E-state index contributed by atoms with van der Waals surface area (Å²) in [6, 6.07) is 3.95. The van der Waals surface area contributed by atoms with Crippen LogP contribution in [0.15, 0.2) is 17.5 Å². The zero-order valence-corrected chi connectivity index (χ0v) is 13.1. The monoisotopic (exact) mass is 310 g/mol. The van der Waals surface area contributed by atoms with Crippen molar-refractivity contribution in [1.82, 2.24) is 20.4 Å². The van der Waals surface area contributed by atoms with Crippen LogP contribution in [-0.2, 0) is 16.1 Å². The van der Waals surface area contributed by atoms with Crippen molar-refractivity contribution in [2.45, 2.75) is 6.54 Å². The molecule has 1 aromatic rings. The van der Waals surface area contributed by atoms with Crippen LogP contribution in [0.5, 0.6) is 0 Å². The van der Waals surface area contributed by atoms with Gasteiger partial charge in [-0.25, -0.2) is 0 Å². The van der Waals surface area contributed by atoms with Crippen molar-refractivity contribution < 1.29 is 9.59 Å². The number of nitrogens with one attached hydrogen (secondary N) is 2. The fourth-order valence-electron chi connectivity index (χ4n) is 2.20. The molecule has 7 heteroatoms. The molecule has 6 nitrogen and oxygen atoms in total. The van der Waals surface area contributed by atoms with Gasteiger partial charge in [-0.15, -0.1) is 11.3 Å². The largest absolute Gasteiger partial charge is 0.350 e. The number of carbonyl (C=O) groups is 2. The number of piperazine rings is 1. The van der Waals surface area contributed by atoms with Crippen LogP contribution in [0.25, 0.3) is 0 Å². The zero-order chi connectivity index (χ0) is 15.1. The first-order valence-electron chi connectivity index (χ1n) is 7.11. The second-order valence-electron chi connectivity index (χ2n) is 5.16. The molecule has 1 aliphatic heterocycles. The van der Waals surface area contributed by atoms with Crippen LogP contribution < -0.4 is 10.6 Å². The lowest BCUT2D eigenvalue weighted by atomic mass is 10.3. The van der Waals surface area contributed by atoms with Crippen LogP contribution >= 0.6 is 11.3 Å². The third-order valence-electron chi connectivity index (χ3n) is 3.33. The zero-order valence-electron chi connectivity index (χ0n) is 12.3. The molecule has 0 aromatic carbocycles. The average Bonchev–Trinajstić information content (AvgIpc) is 2.99. The molecular weight excluding hydrogens is 288 g/mol. The van der Waals surface area contributed by atoms with Crippen molar-refractivity contribution in [2.75, 3.05) is 46.3 Å². The van der Waals surface area contributed by atoms with Crippen LogP contribution in [0, 0.1) is 0 Å². The van der Waals surface area contributed by atoms with E-state index in [1.54, 1.807) is 23.3 Å². The molecule has 0 unspecified atom stereocenters. The maximum atomic E-state index is 12.1. The standard InChI is InChI=1S/C14H22N4O2S/c1-17(11-14(20)18-6-4-15-5-7-18)10-13(19)16-9-12-3-2-8-21-12/h2-3,8,15H,4-7,9-11H2,1H3,(H,16,19). The summed E-state index contributed by atoms with van der Waals surface area (Å²) in [6.45, 7) is 4.26. The normalized spacial score (nSPS) is 15.2. The van der Waals surface area contributed by atoms with E-state index in [2.05, 4.69) is 10.6 Å². The summed E-state index contributed by atoms with van der Waals surface area (Å²) in [5, 5.41) is 8.06. The lowest BCUT2D eigenvalue weighted by Crippen LogP contribution is -2.50. The molecule has 2 N–H and O–H groups in total. The van der Waals surface area contributed by atoms with E-state index in [9.17, 15) is 9.59 Å². The second kappa shape index (κ2) is 8.11. The lowest BCUT2D eigenvalue weighted by molar-refractivity contribution is -0.133. The SMILES string of the molecule is CN(CC(=O)NCc1cccs1)CC(=O)N1CCNCC1. The molecule has 0 saturated carbocycles. The van der Waals surface area contributed by atoms with Gasteiger partial charge in [0.1, 0.15) is 0 Å². The molecule has 2 amide bonds. The highest BCUT2D eigenvalue weighted by molar-refractivity contribution is 7.09. The smallest absolute Gasteiger partial charge is 0.236 e. The maximum Gasteiger partial charge on any atom is 0.236 e. The minimum absolute atomic E-state index is 0.0565. The topological polar surface area (TPSA) is 64.7 Å². The Morgan fingerprint density at radius 2 is 2.14 bits per heavy atom. The Kier molecular flexibility index (Phi) is 6.16. The third kappa shape index (κ3) is 5.45. The van der Waals surface area contributed by atoms with Crippen molar-refractivity contribution >= 4 is 23.2 Å². The molecule has 0 spiro atoms. The molecule has 2 rings (SSSR count). The molecule has 0 aliphatic carbocycles. The molecule has 116 valence electrons. The van der Waals surface area contributed by atoms with E-state index in [4.69, 9.17) is 0 Å². The van der Waals surface area contributed by atoms with Crippen molar-refractivity contribution in [3.63, 3.8) is 0 Å². The van der Waals surface area contributed by atoms with Gasteiger partial charge in [0.15, 0.2) is 0 Å². The summed E-state index contributed by atoms with van der Waals surface area (Å²) in [4.78, 5) is 28.6. The molecule has 0 atom stereocenters. The maximum absolute atomic E-state index is 12.1. The first-order chi connectivity index (χ1) is 10.1. The number of hydrogen-bond donors (Lipinski definition) is 2. The number of thiophene rings is 1. The number of hydrogen-bond acceptors (Lipinski definition) is 5. The van der Waals surface area contributed by atoms with Crippen LogP contribution in [0.4, 0.5) is 0 Å². The fraction of sp³-hybridized carbons (Fsp3) is 0.571. The minimum Gasteiger partial charge on any atom is -0.350 e. The van der Waals surface area contributed by atoms with Gasteiger partial charge in [0.05, 0.1) is 19.6 Å². The Labute approximate surface area is 129 Å². The first-order valence-corrected chi connectivity index (χ1v) is 7.99. The Hall–Kier alpha value is -1.44. The first kappa shape index (κ1) is 15.9. The third-order valence-corrected chi connectivity index (χ3v) is 4.20. The van der Waals surface area contributed by atoms with Crippen molar-refractivity contribution in [3.05, 3.63) is 22.4 Å². The Balaban J connectivity index is 1.66. The van der Waals surface area contributed by atoms with Crippen LogP contribution in [0.1, 0.15) is 4.88 Å². The molecular formula is C14H22N4O2S. The van der Waals surface area contributed by atoms with Gasteiger partial charge in [0, 0.05) is 31.1 Å². The Bertz CT molecular complexity index is 458. The summed E-state index contributed by atoms with van der Waals surface area (Å²) in [7, 11) is 1.80. The molecule has 0 bridgehead atoms. The minimum atomic E-state index is -0.0565. The Morgan fingerprint density at radius 1 is 1.38 bits per heavy atom. The quantitative estimate of drug-likeness (QED) is 0.759. The molecule has 1 aliphatic rings.